The number of aryl methyl sites for hydroxylation is 1. The Morgan fingerprint density at radius 2 is 1.36 bits per heavy atom. The number of aromatic nitrogens is 5. The van der Waals surface area contributed by atoms with Crippen molar-refractivity contribution in [3.05, 3.63) is 59.9 Å². The van der Waals surface area contributed by atoms with Crippen LogP contribution in [0.25, 0.3) is 0 Å². The molecule has 778 valence electrons. The fourth-order valence-electron chi connectivity index (χ4n) is 15.1. The number of fused-ring (bicyclic) bond motifs is 3. The minimum atomic E-state index is -5.26. The number of primary amides is 1. The van der Waals surface area contributed by atoms with Crippen LogP contribution < -0.4 is 102 Å². The van der Waals surface area contributed by atoms with Gasteiger partial charge in [0.05, 0.1) is 70.6 Å². The summed E-state index contributed by atoms with van der Waals surface area (Å²) >= 11 is 0. The van der Waals surface area contributed by atoms with Crippen molar-refractivity contribution in [2.45, 2.75) is 247 Å². The van der Waals surface area contributed by atoms with E-state index in [0.717, 1.165) is 21.6 Å². The monoisotopic (exact) mass is 2020 g/mol. The summed E-state index contributed by atoms with van der Waals surface area (Å²) < 4.78 is 62.4. The number of amides is 16. The second-order valence-electron chi connectivity index (χ2n) is 34.9. The Labute approximate surface area is 811 Å². The first-order chi connectivity index (χ1) is 66.3. The molecule has 0 radical (unpaired) electrons. The molecule has 6 heterocycles. The lowest BCUT2D eigenvalue weighted by molar-refractivity contribution is -0.240. The lowest BCUT2D eigenvalue weighted by Crippen LogP contribution is -2.67. The van der Waals surface area contributed by atoms with E-state index in [1.54, 1.807) is 39.2 Å². The maximum absolute atomic E-state index is 15.0. The summed E-state index contributed by atoms with van der Waals surface area (Å²) in [4.78, 5) is 233. The maximum atomic E-state index is 15.0. The molecule has 0 saturated carbocycles. The minimum absolute atomic E-state index is 0.00108. The molecule has 0 unspecified atom stereocenters. The van der Waals surface area contributed by atoms with Crippen LogP contribution in [0.2, 0.25) is 0 Å². The SMILES string of the molecule is CC(C)C[C@@H]1NC(=O)[C@@H](NC(=O)[C@@H](NC(=O)[C@H](CCC(N)=O)NC(=O)[C@H](Cc2cnc[nH]2)NC(=O)CCOCCNC(=O)CCCc2cn(CCOC[C@@]34CO[C@@H](O3)[C@@H](NC(=O)C(F)(F)F)[C@@H](O)[C@H]4O)nn2)C(C)C)CSSCNC(=O)[C@H](C(C)C)NC(=O)[C@@H]2CCCN2C(=O)[C@H](CCCNC(=N)N)NC(=O)CNC(=O)[C@H](CCCNC(=N)N)NC(=O)[C@H](Cc2ccc(O)cc2)NC(=O)[C@H](CO)NC1=O. The Balaban J connectivity index is 1.03. The fourth-order valence-corrected chi connectivity index (χ4v) is 17.0. The summed E-state index contributed by atoms with van der Waals surface area (Å²) in [5.41, 5.74) is 16.2. The van der Waals surface area contributed by atoms with Crippen LogP contribution in [0, 0.1) is 28.6 Å². The number of carbonyl (C=O) groups excluding carboxylic acids is 16. The van der Waals surface area contributed by atoms with E-state index in [1.807, 2.05) is 0 Å². The first kappa shape index (κ1) is 115. The molecule has 51 nitrogen and oxygen atoms in total. The number of alkyl halides is 3. The van der Waals surface area contributed by atoms with Gasteiger partial charge in [-0.15, -0.1) is 5.10 Å². The molecule has 2 bridgehead atoms. The quantitative estimate of drug-likeness (QED) is 0.0108. The number of carbonyl (C=O) groups is 16. The number of aromatic hydroxyl groups is 1. The molecular formula is C84H130F3N27O24S2. The zero-order chi connectivity index (χ0) is 103. The van der Waals surface area contributed by atoms with Crippen LogP contribution in [-0.2, 0) is 121 Å². The Bertz CT molecular complexity index is 4700. The van der Waals surface area contributed by atoms with Crippen molar-refractivity contribution in [2.24, 2.45) is 35.0 Å². The second kappa shape index (κ2) is 56.8. The molecule has 3 aromatic rings. The highest BCUT2D eigenvalue weighted by Gasteiger charge is 2.61. The standard InChI is InChI=1S/C84H130F3N27O24S2/c1-43(2)31-53-70(125)106-56(37-115)73(128)105-54(32-46-16-18-49(116)19-17-46)71(126)102-50(12-8-23-95-81(89)90)68(123)97-35-62(120)100-52(13-9-24-96-82(91)92)78(133)114-26-10-14-58(114)75(130)109-63(44(3)4)76(131)99-42-140-139-38-57(74(129)104-53)107-77(132)64(45(5)6)108-69(124)51(20-21-59(88)117)103-72(127)55(33-48-34-93-41-98-48)101-61(119)22-28-135-29-25-94-60(118)15-7-11-47-36-113(112-111-47)27-30-136-39-83-40-137-79(138-83)65(66(121)67(83)122)110-80(134)84(85,86)87/h16-19,34,36,41,43-45,50-58,63-67,79,115-116,121-122H,7-15,20-33,35,37-40,42H2,1-6H3,(H2,88,117)(H,93,98)(H,94,118)(H,97,123)(H,99,131)(H,100,120)(H,101,119)(H,102,126)(H,103,127)(H,104,129)(H,105,128)(H,106,125)(H,107,132)(H,108,124)(H,109,130)(H,110,134)(H4,89,90,95)(H4,91,92,96)/t50-,51-,52-,53-,54-,55-,56-,57-,58-,63-,64-,65-,66+,67+,79-,83-/m0/s1. The van der Waals surface area contributed by atoms with Gasteiger partial charge in [0.2, 0.25) is 88.6 Å². The fraction of sp³-hybridized carbons (Fsp3) is 0.655. The summed E-state index contributed by atoms with van der Waals surface area (Å²) in [5.74, 6) is -19.0. The van der Waals surface area contributed by atoms with Crippen LogP contribution in [0.5, 0.6) is 5.75 Å². The number of aliphatic hydroxyl groups excluding tert-OH is 3. The highest BCUT2D eigenvalue weighted by molar-refractivity contribution is 8.76. The number of imidazole rings is 1. The normalized spacial score (nSPS) is 23.6. The van der Waals surface area contributed by atoms with E-state index in [9.17, 15) is 106 Å². The van der Waals surface area contributed by atoms with Gasteiger partial charge in [-0.2, -0.15) is 13.2 Å². The Hall–Kier alpha value is -12.4. The van der Waals surface area contributed by atoms with Gasteiger partial charge >= 0.3 is 12.1 Å². The van der Waals surface area contributed by atoms with Gasteiger partial charge in [0.25, 0.3) is 0 Å². The Morgan fingerprint density at radius 3 is 2.01 bits per heavy atom. The largest absolute Gasteiger partial charge is 0.508 e. The molecule has 16 amide bonds. The van der Waals surface area contributed by atoms with E-state index >= 15 is 4.79 Å². The van der Waals surface area contributed by atoms with E-state index in [4.69, 9.17) is 47.0 Å². The molecule has 4 aliphatic heterocycles. The van der Waals surface area contributed by atoms with Crippen LogP contribution in [0.15, 0.2) is 43.0 Å². The average molecular weight is 2020 g/mol. The topological polar surface area (TPSA) is 772 Å². The van der Waals surface area contributed by atoms with Gasteiger partial charge in [0.15, 0.2) is 18.2 Å². The van der Waals surface area contributed by atoms with Crippen molar-refractivity contribution in [1.82, 2.24) is 115 Å². The average Bonchev–Trinajstić information content (AvgIpc) is 1.59. The molecule has 4 saturated heterocycles. The highest BCUT2D eigenvalue weighted by Crippen LogP contribution is 2.38. The van der Waals surface area contributed by atoms with Gasteiger partial charge in [-0.1, -0.05) is 80.5 Å². The number of nitrogens with zero attached hydrogens (tertiary/aromatic N) is 5. The first-order valence-electron chi connectivity index (χ1n) is 45.6. The maximum Gasteiger partial charge on any atom is 0.471 e. The number of nitrogens with two attached hydrogens (primary N) is 3. The van der Waals surface area contributed by atoms with E-state index in [1.165, 1.54) is 60.2 Å². The van der Waals surface area contributed by atoms with Crippen LogP contribution in [0.4, 0.5) is 13.2 Å². The van der Waals surface area contributed by atoms with Crippen molar-refractivity contribution < 1.29 is 129 Å². The summed E-state index contributed by atoms with van der Waals surface area (Å²) in [5, 5.41) is 106. The summed E-state index contributed by atoms with van der Waals surface area (Å²) in [6.45, 7) is 7.11. The van der Waals surface area contributed by atoms with Gasteiger partial charge in [-0.05, 0) is 99.7 Å². The number of hydrogen-bond donors (Lipinski definition) is 26. The molecule has 16 atom stereocenters. The van der Waals surface area contributed by atoms with E-state index in [2.05, 4.69) is 100 Å². The lowest BCUT2D eigenvalue weighted by Gasteiger charge is -2.42. The number of H-pyrrole nitrogens is 1. The lowest BCUT2D eigenvalue weighted by atomic mass is 9.88. The number of halogens is 3. The first-order valence-corrected chi connectivity index (χ1v) is 48.1. The number of hydrogen-bond acceptors (Lipinski definition) is 31. The number of benzene rings is 1. The zero-order valence-electron chi connectivity index (χ0n) is 78.3. The molecule has 7 rings (SSSR count). The third kappa shape index (κ3) is 37.7. The van der Waals surface area contributed by atoms with Crippen LogP contribution >= 0.6 is 21.6 Å². The van der Waals surface area contributed by atoms with Crippen LogP contribution in [-0.4, -0.2) is 343 Å². The summed E-state index contributed by atoms with van der Waals surface area (Å²) in [6.07, 6.45) is -7.09. The number of phenolic OH excluding ortho intramolecular Hbond substituents is 1. The number of nitrogens with one attached hydrogen (secondary N) is 19. The third-order valence-corrected chi connectivity index (χ3v) is 24.7. The van der Waals surface area contributed by atoms with Crippen molar-refractivity contribution in [3.63, 3.8) is 0 Å². The second-order valence-corrected chi connectivity index (χ2v) is 37.4. The van der Waals surface area contributed by atoms with Gasteiger partial charge in [-0.25, -0.2) is 9.67 Å². The van der Waals surface area contributed by atoms with E-state index < -0.39 is 241 Å². The minimum Gasteiger partial charge on any atom is -0.508 e. The highest BCUT2D eigenvalue weighted by atomic mass is 33.1. The van der Waals surface area contributed by atoms with Crippen molar-refractivity contribution in [1.29, 1.82) is 10.8 Å². The number of guanidine groups is 2. The van der Waals surface area contributed by atoms with Crippen molar-refractivity contribution in [3.8, 4) is 5.75 Å². The van der Waals surface area contributed by atoms with E-state index in [0.29, 0.717) is 36.2 Å². The predicted molar refractivity (Wildman–Crippen MR) is 493 cm³/mol. The molecular weight excluding hydrogens is 1890 g/mol. The third-order valence-electron chi connectivity index (χ3n) is 22.6. The number of aliphatic hydroxyl groups is 3. The van der Waals surface area contributed by atoms with E-state index in [-0.39, 0.29) is 159 Å². The zero-order valence-corrected chi connectivity index (χ0v) is 79.9. The number of ether oxygens (including phenoxy) is 4. The molecule has 0 aliphatic carbocycles. The summed E-state index contributed by atoms with van der Waals surface area (Å²) in [7, 11) is 1.88. The number of rotatable bonds is 43. The predicted octanol–water partition coefficient (Wildman–Crippen LogP) is -7.49. The van der Waals surface area contributed by atoms with Gasteiger partial charge < -0.3 is 152 Å². The van der Waals surface area contributed by atoms with Crippen molar-refractivity contribution >= 4 is 128 Å². The smallest absolute Gasteiger partial charge is 0.471 e. The van der Waals surface area contributed by atoms with Gasteiger partial charge in [-0.3, -0.25) is 87.5 Å². The van der Waals surface area contributed by atoms with Gasteiger partial charge in [0.1, 0.15) is 96.1 Å². The Kier molecular flexibility index (Phi) is 46.5. The number of aromatic amines is 1. The number of phenols is 1. The van der Waals surface area contributed by atoms with Gasteiger partial charge in [0, 0.05) is 82.1 Å². The molecule has 56 heteroatoms. The molecule has 1 aromatic carbocycles. The Morgan fingerprint density at radius 1 is 0.693 bits per heavy atom. The summed E-state index contributed by atoms with van der Waals surface area (Å²) in [6, 6.07) is -13.0. The molecule has 4 fully saturated rings. The molecule has 29 N–H and O–H groups in total. The van der Waals surface area contributed by atoms with Crippen LogP contribution in [0.1, 0.15) is 136 Å². The van der Waals surface area contributed by atoms with Crippen LogP contribution in [0.3, 0.4) is 0 Å². The molecule has 140 heavy (non-hydrogen) atoms. The van der Waals surface area contributed by atoms with Crippen molar-refractivity contribution in [2.75, 3.05) is 84.0 Å². The molecule has 0 spiro atoms. The molecule has 2 aromatic heterocycles. The molecule has 4 aliphatic rings.